The Morgan fingerprint density at radius 2 is 2.14 bits per heavy atom. The maximum atomic E-state index is 12.0. The van der Waals surface area contributed by atoms with Gasteiger partial charge in [0.1, 0.15) is 5.75 Å². The lowest BCUT2D eigenvalue weighted by Gasteiger charge is -2.16. The van der Waals surface area contributed by atoms with E-state index < -0.39 is 0 Å². The third-order valence-corrected chi connectivity index (χ3v) is 4.35. The predicted molar refractivity (Wildman–Crippen MR) is 87.4 cm³/mol. The van der Waals surface area contributed by atoms with Crippen molar-refractivity contribution < 1.29 is 9.53 Å². The van der Waals surface area contributed by atoms with Crippen LogP contribution in [0.4, 0.5) is 0 Å². The highest BCUT2D eigenvalue weighted by atomic mass is 79.9. The summed E-state index contributed by atoms with van der Waals surface area (Å²) in [5.41, 5.74) is 1.15. The minimum absolute atomic E-state index is 0.0843. The van der Waals surface area contributed by atoms with E-state index in [1.165, 1.54) is 0 Å². The van der Waals surface area contributed by atoms with Gasteiger partial charge in [-0.05, 0) is 49.6 Å². The molecule has 1 amide bonds. The molecule has 0 atom stereocenters. The third kappa shape index (κ3) is 5.00. The number of nitrogens with zero attached hydrogens (tertiary/aromatic N) is 1. The van der Waals surface area contributed by atoms with Crippen LogP contribution in [0.3, 0.4) is 0 Å². The van der Waals surface area contributed by atoms with Gasteiger partial charge in [-0.15, -0.1) is 0 Å². The Morgan fingerprint density at radius 3 is 2.86 bits per heavy atom. The molecular weight excluding hydrogens is 332 g/mol. The highest BCUT2D eigenvalue weighted by molar-refractivity contribution is 9.10. The van der Waals surface area contributed by atoms with Gasteiger partial charge in [0, 0.05) is 24.1 Å². The van der Waals surface area contributed by atoms with E-state index in [4.69, 9.17) is 4.74 Å². The molecule has 0 aromatic heterocycles. The van der Waals surface area contributed by atoms with Crippen LogP contribution in [0.25, 0.3) is 0 Å². The summed E-state index contributed by atoms with van der Waals surface area (Å²) in [4.78, 5) is 13.8. The number of rotatable bonds is 7. The lowest BCUT2D eigenvalue weighted by Crippen LogP contribution is -2.32. The molecule has 0 bridgehead atoms. The summed E-state index contributed by atoms with van der Waals surface area (Å²) >= 11 is 3.55. The largest absolute Gasteiger partial charge is 0.484 e. The molecule has 1 N–H and O–H groups in total. The van der Waals surface area contributed by atoms with Crippen molar-refractivity contribution in [3.05, 3.63) is 28.2 Å². The zero-order chi connectivity index (χ0) is 15.1. The standard InChI is InChI=1S/C16H23BrN2O2/c1-2-7-18-11-13-10-14(5-6-15(13)17)21-12-16(20)19-8-3-4-9-19/h5-6,10,18H,2-4,7-9,11-12H2,1H3. The molecule has 1 heterocycles. The molecule has 1 aromatic rings. The molecule has 0 saturated carbocycles. The van der Waals surface area contributed by atoms with Crippen LogP contribution in [0.5, 0.6) is 5.75 Å². The number of ether oxygens (including phenoxy) is 1. The number of likely N-dealkylation sites (tertiary alicyclic amines) is 1. The van der Waals surface area contributed by atoms with Gasteiger partial charge in [0.2, 0.25) is 0 Å². The molecule has 0 radical (unpaired) electrons. The summed E-state index contributed by atoms with van der Waals surface area (Å²) in [5, 5.41) is 3.37. The summed E-state index contributed by atoms with van der Waals surface area (Å²) < 4.78 is 6.70. The molecule has 116 valence electrons. The predicted octanol–water partition coefficient (Wildman–Crippen LogP) is 2.95. The smallest absolute Gasteiger partial charge is 0.260 e. The van der Waals surface area contributed by atoms with E-state index in [9.17, 15) is 4.79 Å². The van der Waals surface area contributed by atoms with Gasteiger partial charge in [-0.2, -0.15) is 0 Å². The fourth-order valence-electron chi connectivity index (χ4n) is 2.38. The van der Waals surface area contributed by atoms with Crippen LogP contribution in [-0.2, 0) is 11.3 Å². The second-order valence-corrected chi connectivity index (χ2v) is 6.16. The van der Waals surface area contributed by atoms with Crippen LogP contribution < -0.4 is 10.1 Å². The van der Waals surface area contributed by atoms with Crippen LogP contribution in [0.15, 0.2) is 22.7 Å². The third-order valence-electron chi connectivity index (χ3n) is 3.58. The highest BCUT2D eigenvalue weighted by Gasteiger charge is 2.18. The van der Waals surface area contributed by atoms with Crippen molar-refractivity contribution in [1.82, 2.24) is 10.2 Å². The minimum atomic E-state index is 0.0843. The monoisotopic (exact) mass is 354 g/mol. The van der Waals surface area contributed by atoms with Crippen LogP contribution in [0.2, 0.25) is 0 Å². The second-order valence-electron chi connectivity index (χ2n) is 5.31. The van der Waals surface area contributed by atoms with Crippen molar-refractivity contribution >= 4 is 21.8 Å². The first kappa shape index (κ1) is 16.3. The lowest BCUT2D eigenvalue weighted by molar-refractivity contribution is -0.132. The molecule has 1 aliphatic heterocycles. The summed E-state index contributed by atoms with van der Waals surface area (Å²) in [5.74, 6) is 0.833. The summed E-state index contributed by atoms with van der Waals surface area (Å²) in [7, 11) is 0. The number of halogens is 1. The number of carbonyl (C=O) groups excluding carboxylic acids is 1. The zero-order valence-electron chi connectivity index (χ0n) is 12.5. The van der Waals surface area contributed by atoms with Gasteiger partial charge >= 0.3 is 0 Å². The Morgan fingerprint density at radius 1 is 1.38 bits per heavy atom. The fourth-order valence-corrected chi connectivity index (χ4v) is 2.77. The van der Waals surface area contributed by atoms with Crippen LogP contribution in [0.1, 0.15) is 31.7 Å². The van der Waals surface area contributed by atoms with Crippen LogP contribution >= 0.6 is 15.9 Å². The molecule has 0 aliphatic carbocycles. The normalized spacial score (nSPS) is 14.5. The molecule has 1 aliphatic rings. The number of hydrogen-bond acceptors (Lipinski definition) is 3. The molecule has 1 saturated heterocycles. The zero-order valence-corrected chi connectivity index (χ0v) is 14.1. The molecule has 5 heteroatoms. The van der Waals surface area contributed by atoms with Gasteiger partial charge in [-0.3, -0.25) is 4.79 Å². The van der Waals surface area contributed by atoms with E-state index in [1.807, 2.05) is 23.1 Å². The molecule has 21 heavy (non-hydrogen) atoms. The topological polar surface area (TPSA) is 41.6 Å². The van der Waals surface area contributed by atoms with E-state index in [0.29, 0.717) is 0 Å². The van der Waals surface area contributed by atoms with Crippen molar-refractivity contribution in [3.8, 4) is 5.75 Å². The maximum Gasteiger partial charge on any atom is 0.260 e. The first-order valence-corrected chi connectivity index (χ1v) is 8.39. The number of nitrogens with one attached hydrogen (secondary N) is 1. The molecule has 0 unspecified atom stereocenters. The molecular formula is C16H23BrN2O2. The number of hydrogen-bond donors (Lipinski definition) is 1. The Bertz CT molecular complexity index is 473. The second kappa shape index (κ2) is 8.39. The molecule has 0 spiro atoms. The van der Waals surface area contributed by atoms with E-state index >= 15 is 0 Å². The first-order valence-electron chi connectivity index (χ1n) is 7.60. The van der Waals surface area contributed by atoms with Gasteiger partial charge < -0.3 is 15.0 Å². The molecule has 1 aromatic carbocycles. The first-order chi connectivity index (χ1) is 10.2. The Kier molecular flexibility index (Phi) is 6.51. The summed E-state index contributed by atoms with van der Waals surface area (Å²) in [6.45, 7) is 5.80. The van der Waals surface area contributed by atoms with E-state index in [2.05, 4.69) is 28.2 Å². The molecule has 2 rings (SSSR count). The van der Waals surface area contributed by atoms with Crippen LogP contribution in [0, 0.1) is 0 Å². The quantitative estimate of drug-likeness (QED) is 0.765. The maximum absolute atomic E-state index is 12.0. The van der Waals surface area contributed by atoms with Crippen molar-refractivity contribution in [2.45, 2.75) is 32.7 Å². The Hall–Kier alpha value is -1.07. The molecule has 1 fully saturated rings. The summed E-state index contributed by atoms with van der Waals surface area (Å²) in [6.07, 6.45) is 3.33. The van der Waals surface area contributed by atoms with Gasteiger partial charge in [0.05, 0.1) is 0 Å². The van der Waals surface area contributed by atoms with E-state index in [-0.39, 0.29) is 12.5 Å². The van der Waals surface area contributed by atoms with Crippen molar-refractivity contribution in [1.29, 1.82) is 0 Å². The highest BCUT2D eigenvalue weighted by Crippen LogP contribution is 2.22. The number of benzene rings is 1. The Labute approximate surface area is 135 Å². The average Bonchev–Trinajstić information content (AvgIpc) is 3.02. The average molecular weight is 355 g/mol. The van der Waals surface area contributed by atoms with Crippen molar-refractivity contribution in [2.75, 3.05) is 26.2 Å². The van der Waals surface area contributed by atoms with E-state index in [1.54, 1.807) is 0 Å². The lowest BCUT2D eigenvalue weighted by atomic mass is 10.2. The van der Waals surface area contributed by atoms with Gasteiger partial charge in [-0.25, -0.2) is 0 Å². The SMILES string of the molecule is CCCNCc1cc(OCC(=O)N2CCCC2)ccc1Br. The fraction of sp³-hybridized carbons (Fsp3) is 0.562. The summed E-state index contributed by atoms with van der Waals surface area (Å²) in [6, 6.07) is 5.85. The number of amides is 1. The van der Waals surface area contributed by atoms with Gasteiger partial charge in [0.15, 0.2) is 6.61 Å². The van der Waals surface area contributed by atoms with Gasteiger partial charge in [0.25, 0.3) is 5.91 Å². The van der Waals surface area contributed by atoms with Crippen molar-refractivity contribution in [2.24, 2.45) is 0 Å². The minimum Gasteiger partial charge on any atom is -0.484 e. The van der Waals surface area contributed by atoms with Crippen LogP contribution in [-0.4, -0.2) is 37.0 Å². The van der Waals surface area contributed by atoms with Gasteiger partial charge in [-0.1, -0.05) is 22.9 Å². The van der Waals surface area contributed by atoms with E-state index in [0.717, 1.165) is 61.2 Å². The Balaban J connectivity index is 1.87. The van der Waals surface area contributed by atoms with Crippen molar-refractivity contribution in [3.63, 3.8) is 0 Å². The molecule has 4 nitrogen and oxygen atoms in total. The number of carbonyl (C=O) groups is 1.